The standard InChI is InChI=1S/C21H25FN6O2/c1-25-18-17(19(29)26(2)21(25)30)28(9-7-13-3-5-15(22)6-4-13)20(24-18)27-10-8-14-11-23-12-16(14)27/h3-6,14,16,23H,7-12H2,1-2H3. The van der Waals surface area contributed by atoms with Crippen LogP contribution in [0.25, 0.3) is 11.2 Å². The zero-order chi connectivity index (χ0) is 21.0. The summed E-state index contributed by atoms with van der Waals surface area (Å²) in [5, 5.41) is 3.45. The van der Waals surface area contributed by atoms with Crippen molar-refractivity contribution >= 4 is 17.1 Å². The largest absolute Gasteiger partial charge is 0.338 e. The van der Waals surface area contributed by atoms with Crippen molar-refractivity contribution in [3.63, 3.8) is 0 Å². The molecule has 8 nitrogen and oxygen atoms in total. The van der Waals surface area contributed by atoms with Crippen LogP contribution in [0.2, 0.25) is 0 Å². The fraction of sp³-hybridized carbons (Fsp3) is 0.476. The zero-order valence-corrected chi connectivity index (χ0v) is 17.1. The number of rotatable bonds is 4. The predicted octanol–water partition coefficient (Wildman–Crippen LogP) is 0.614. The van der Waals surface area contributed by atoms with Crippen molar-refractivity contribution in [2.45, 2.75) is 25.4 Å². The number of hydrogen-bond donors (Lipinski definition) is 1. The molecule has 158 valence electrons. The van der Waals surface area contributed by atoms with Crippen molar-refractivity contribution in [3.8, 4) is 0 Å². The van der Waals surface area contributed by atoms with Gasteiger partial charge in [-0.25, -0.2) is 9.18 Å². The van der Waals surface area contributed by atoms with Gasteiger partial charge in [-0.2, -0.15) is 4.98 Å². The summed E-state index contributed by atoms with van der Waals surface area (Å²) in [6, 6.07) is 6.75. The summed E-state index contributed by atoms with van der Waals surface area (Å²) in [5.74, 6) is 1.04. The quantitative estimate of drug-likeness (QED) is 0.680. The van der Waals surface area contributed by atoms with E-state index in [0.717, 1.165) is 42.1 Å². The third kappa shape index (κ3) is 2.87. The molecule has 0 radical (unpaired) electrons. The predicted molar refractivity (Wildman–Crippen MR) is 112 cm³/mol. The lowest BCUT2D eigenvalue weighted by Crippen LogP contribution is -2.38. The van der Waals surface area contributed by atoms with E-state index in [4.69, 9.17) is 4.98 Å². The van der Waals surface area contributed by atoms with Gasteiger partial charge in [-0.15, -0.1) is 0 Å². The minimum Gasteiger partial charge on any atom is -0.338 e. The Labute approximate surface area is 172 Å². The van der Waals surface area contributed by atoms with Gasteiger partial charge in [-0.3, -0.25) is 13.9 Å². The summed E-state index contributed by atoms with van der Waals surface area (Å²) in [6.45, 7) is 3.29. The highest BCUT2D eigenvalue weighted by atomic mass is 19.1. The van der Waals surface area contributed by atoms with E-state index < -0.39 is 0 Å². The fourth-order valence-electron chi connectivity index (χ4n) is 4.86. The molecule has 2 atom stereocenters. The summed E-state index contributed by atoms with van der Waals surface area (Å²) < 4.78 is 17.8. The lowest BCUT2D eigenvalue weighted by Gasteiger charge is -2.25. The van der Waals surface area contributed by atoms with Gasteiger partial charge in [-0.1, -0.05) is 12.1 Å². The molecule has 2 fully saturated rings. The molecule has 1 aromatic carbocycles. The molecule has 0 saturated carbocycles. The van der Waals surface area contributed by atoms with Gasteiger partial charge in [0, 0.05) is 46.3 Å². The third-order valence-corrected chi connectivity index (χ3v) is 6.57. The molecule has 9 heteroatoms. The molecule has 4 heterocycles. The van der Waals surface area contributed by atoms with E-state index in [-0.39, 0.29) is 17.1 Å². The Kier molecular flexibility index (Phi) is 4.50. The van der Waals surface area contributed by atoms with Gasteiger partial charge in [0.25, 0.3) is 5.56 Å². The Balaban J connectivity index is 1.64. The van der Waals surface area contributed by atoms with Crippen LogP contribution in [0.4, 0.5) is 10.3 Å². The van der Waals surface area contributed by atoms with E-state index >= 15 is 0 Å². The highest BCUT2D eigenvalue weighted by molar-refractivity contribution is 5.75. The number of benzene rings is 1. The SMILES string of the molecule is Cn1c(=O)c2c(nc(N3CCC4CNCC43)n2CCc2ccc(F)cc2)n(C)c1=O. The Morgan fingerprint density at radius 1 is 1.13 bits per heavy atom. The van der Waals surface area contributed by atoms with Crippen LogP contribution in [0, 0.1) is 11.7 Å². The first-order chi connectivity index (χ1) is 14.5. The van der Waals surface area contributed by atoms with Crippen molar-refractivity contribution in [2.75, 3.05) is 24.5 Å². The fourth-order valence-corrected chi connectivity index (χ4v) is 4.86. The molecule has 2 unspecified atom stereocenters. The van der Waals surface area contributed by atoms with E-state index in [0.29, 0.717) is 36.1 Å². The number of fused-ring (bicyclic) bond motifs is 2. The second-order valence-corrected chi connectivity index (χ2v) is 8.29. The topological polar surface area (TPSA) is 77.1 Å². The maximum Gasteiger partial charge on any atom is 0.332 e. The van der Waals surface area contributed by atoms with Gasteiger partial charge < -0.3 is 14.8 Å². The molecule has 5 rings (SSSR count). The Morgan fingerprint density at radius 2 is 1.90 bits per heavy atom. The number of nitrogens with one attached hydrogen (secondary N) is 1. The van der Waals surface area contributed by atoms with Crippen LogP contribution in [0.3, 0.4) is 0 Å². The van der Waals surface area contributed by atoms with Crippen LogP contribution < -0.4 is 21.5 Å². The molecular weight excluding hydrogens is 387 g/mol. The number of nitrogens with zero attached hydrogens (tertiary/aromatic N) is 5. The number of hydrogen-bond acceptors (Lipinski definition) is 5. The number of halogens is 1. The molecule has 2 aliphatic heterocycles. The maximum atomic E-state index is 13.3. The molecule has 2 saturated heterocycles. The van der Waals surface area contributed by atoms with Crippen LogP contribution in [0.1, 0.15) is 12.0 Å². The van der Waals surface area contributed by atoms with Crippen LogP contribution in [-0.2, 0) is 27.1 Å². The summed E-state index contributed by atoms with van der Waals surface area (Å²) in [4.78, 5) is 32.6. The molecule has 1 N–H and O–H groups in total. The van der Waals surface area contributed by atoms with Gasteiger partial charge in [-0.05, 0) is 36.5 Å². The van der Waals surface area contributed by atoms with Crippen LogP contribution in [-0.4, -0.2) is 44.4 Å². The second kappa shape index (κ2) is 7.09. The first kappa shape index (κ1) is 19.0. The van der Waals surface area contributed by atoms with Gasteiger partial charge in [0.1, 0.15) is 5.82 Å². The van der Waals surface area contributed by atoms with E-state index in [1.54, 1.807) is 19.2 Å². The molecule has 0 aliphatic carbocycles. The van der Waals surface area contributed by atoms with Crippen molar-refractivity contribution in [3.05, 3.63) is 56.5 Å². The van der Waals surface area contributed by atoms with Crippen molar-refractivity contribution in [1.82, 2.24) is 24.0 Å². The number of imidazole rings is 1. The van der Waals surface area contributed by atoms with E-state index in [1.165, 1.54) is 23.7 Å². The molecule has 0 bridgehead atoms. The molecule has 2 aromatic heterocycles. The molecule has 0 spiro atoms. The highest BCUT2D eigenvalue weighted by Crippen LogP contribution is 2.32. The van der Waals surface area contributed by atoms with E-state index in [1.807, 2.05) is 4.57 Å². The molecule has 3 aromatic rings. The van der Waals surface area contributed by atoms with E-state index in [2.05, 4.69) is 10.2 Å². The van der Waals surface area contributed by atoms with Crippen LogP contribution in [0.15, 0.2) is 33.9 Å². The minimum absolute atomic E-state index is 0.270. The molecule has 0 amide bonds. The molecular formula is C21H25FN6O2. The zero-order valence-electron chi connectivity index (χ0n) is 17.1. The summed E-state index contributed by atoms with van der Waals surface area (Å²) >= 11 is 0. The highest BCUT2D eigenvalue weighted by Gasteiger charge is 2.40. The Morgan fingerprint density at radius 3 is 2.67 bits per heavy atom. The first-order valence-corrected chi connectivity index (χ1v) is 10.3. The summed E-state index contributed by atoms with van der Waals surface area (Å²) in [7, 11) is 3.14. The lowest BCUT2D eigenvalue weighted by molar-refractivity contribution is 0.570. The maximum absolute atomic E-state index is 13.3. The first-order valence-electron chi connectivity index (χ1n) is 10.3. The monoisotopic (exact) mass is 412 g/mol. The normalized spacial score (nSPS) is 21.0. The summed E-state index contributed by atoms with van der Waals surface area (Å²) in [5.41, 5.74) is 1.10. The van der Waals surface area contributed by atoms with Gasteiger partial charge >= 0.3 is 5.69 Å². The smallest absolute Gasteiger partial charge is 0.332 e. The minimum atomic E-state index is -0.385. The Hall–Kier alpha value is -2.94. The summed E-state index contributed by atoms with van der Waals surface area (Å²) in [6.07, 6.45) is 1.71. The van der Waals surface area contributed by atoms with Crippen molar-refractivity contribution in [1.29, 1.82) is 0 Å². The Bertz CT molecular complexity index is 1230. The lowest BCUT2D eigenvalue weighted by atomic mass is 10.1. The third-order valence-electron chi connectivity index (χ3n) is 6.57. The van der Waals surface area contributed by atoms with Crippen LogP contribution >= 0.6 is 0 Å². The van der Waals surface area contributed by atoms with Gasteiger partial charge in [0.05, 0.1) is 0 Å². The number of aromatic nitrogens is 4. The van der Waals surface area contributed by atoms with Crippen molar-refractivity contribution < 1.29 is 4.39 Å². The van der Waals surface area contributed by atoms with Gasteiger partial charge in [0.2, 0.25) is 5.95 Å². The second-order valence-electron chi connectivity index (χ2n) is 8.29. The average molecular weight is 412 g/mol. The molecule has 2 aliphatic rings. The average Bonchev–Trinajstić information content (AvgIpc) is 3.44. The van der Waals surface area contributed by atoms with Crippen LogP contribution in [0.5, 0.6) is 0 Å². The van der Waals surface area contributed by atoms with E-state index in [9.17, 15) is 14.0 Å². The molecule has 30 heavy (non-hydrogen) atoms. The number of aryl methyl sites for hydroxylation is 3. The van der Waals surface area contributed by atoms with Gasteiger partial charge in [0.15, 0.2) is 11.2 Å². The number of anilines is 1. The van der Waals surface area contributed by atoms with Crippen molar-refractivity contribution in [2.24, 2.45) is 20.0 Å².